The Bertz CT molecular complexity index is 3920. The number of hydrogen-bond acceptors (Lipinski definition) is 9. The number of ether oxygens (including phenoxy) is 1. The van der Waals surface area contributed by atoms with Crippen molar-refractivity contribution in [1.82, 2.24) is 29.6 Å². The van der Waals surface area contributed by atoms with Gasteiger partial charge in [-0.05, 0) is 183 Å². The van der Waals surface area contributed by atoms with Gasteiger partial charge in [0.1, 0.15) is 47.0 Å². The summed E-state index contributed by atoms with van der Waals surface area (Å²) in [6, 6.07) is 2.23. The first-order chi connectivity index (χ1) is 44.5. The molecule has 0 spiro atoms. The molecule has 4 aromatic carbocycles. The molecule has 6 aromatic rings. The molecule has 26 heteroatoms. The van der Waals surface area contributed by atoms with Crippen LogP contribution in [-0.2, 0) is 49.1 Å². The molecule has 0 saturated carbocycles. The van der Waals surface area contributed by atoms with Crippen molar-refractivity contribution in [3.05, 3.63) is 183 Å². The number of likely N-dealkylation sites (N-methyl/N-ethyl adjacent to an activating group) is 2. The Labute approximate surface area is 549 Å². The lowest BCUT2D eigenvalue weighted by Crippen LogP contribution is -2.41. The number of aryl methyl sites for hydroxylation is 6. The van der Waals surface area contributed by atoms with Crippen molar-refractivity contribution in [2.75, 3.05) is 47.9 Å². The van der Waals surface area contributed by atoms with Crippen molar-refractivity contribution >= 4 is 23.8 Å². The second-order valence-corrected chi connectivity index (χ2v) is 25.5. The van der Waals surface area contributed by atoms with Crippen LogP contribution in [0, 0.1) is 88.3 Å². The van der Waals surface area contributed by atoms with Crippen molar-refractivity contribution in [2.24, 2.45) is 11.8 Å². The van der Waals surface area contributed by atoms with Crippen LogP contribution in [0.1, 0.15) is 151 Å². The van der Waals surface area contributed by atoms with E-state index in [1.54, 1.807) is 98.6 Å². The molecule has 2 unspecified atom stereocenters. The number of amides is 2. The largest absolute Gasteiger partial charge is 0.481 e. The standard InChI is InChI=1S/C36H43F6N3O4.C34H39F6N3O4/c1-9-49-30(47)17-27(32-33(38)22(6)15-24(34(32)39)31-21(5)13-20(4)14-26(31)37)43-35(48)28(12-19(2)3)45-18-23(10-11-44(7)8)25(16-29(45)46)36(40,41)42;1-17(2)10-26(43-16-21(8-9-42(6)7)23(14-27(43)44)34(38,39)40)33(47)41-25(15-28(45)46)30-31(36)20(5)13-22(32(30)37)29-19(4)11-18(3)12-24(29)35/h13-16,18-19,27-28H,9-12,17H2,1-8H3,(H,43,48);11-14,16-17,25-26H,8-10,15H2,1-7H3,(H,41,47)(H,45,46)/t27-,28?;25-,26?/m00/s1. The molecule has 6 rings (SSSR count). The maximum Gasteiger partial charge on any atom is 0.416 e. The minimum Gasteiger partial charge on any atom is -0.481 e. The minimum absolute atomic E-state index is 0.0475. The van der Waals surface area contributed by atoms with Gasteiger partial charge in [0, 0.05) is 71.0 Å². The summed E-state index contributed by atoms with van der Waals surface area (Å²) in [6.07, 6.45) is -9.81. The highest BCUT2D eigenvalue weighted by Crippen LogP contribution is 2.41. The van der Waals surface area contributed by atoms with Gasteiger partial charge >= 0.3 is 24.3 Å². The lowest BCUT2D eigenvalue weighted by molar-refractivity contribution is -0.144. The topological polar surface area (TPSA) is 172 Å². The molecule has 14 nitrogen and oxygen atoms in total. The zero-order valence-electron chi connectivity index (χ0n) is 56.2. The van der Waals surface area contributed by atoms with Gasteiger partial charge in [-0.15, -0.1) is 0 Å². The lowest BCUT2D eigenvalue weighted by atomic mass is 9.90. The zero-order valence-corrected chi connectivity index (χ0v) is 56.2. The second-order valence-electron chi connectivity index (χ2n) is 25.5. The van der Waals surface area contributed by atoms with Gasteiger partial charge in [-0.1, -0.05) is 39.8 Å². The van der Waals surface area contributed by atoms with Gasteiger partial charge in [0.2, 0.25) is 11.8 Å². The van der Waals surface area contributed by atoms with Crippen LogP contribution < -0.4 is 21.8 Å². The number of nitrogens with one attached hydrogen (secondary N) is 2. The van der Waals surface area contributed by atoms with Crippen molar-refractivity contribution in [3.63, 3.8) is 0 Å². The van der Waals surface area contributed by atoms with Crippen molar-refractivity contribution in [1.29, 1.82) is 0 Å². The van der Waals surface area contributed by atoms with Crippen LogP contribution in [0.2, 0.25) is 0 Å². The molecule has 0 fully saturated rings. The Morgan fingerprint density at radius 3 is 1.19 bits per heavy atom. The Morgan fingerprint density at radius 2 is 0.885 bits per heavy atom. The number of benzene rings is 4. The summed E-state index contributed by atoms with van der Waals surface area (Å²) in [7, 11) is 6.66. The van der Waals surface area contributed by atoms with E-state index in [-0.39, 0.29) is 102 Å². The first kappa shape index (κ1) is 78.4. The summed E-state index contributed by atoms with van der Waals surface area (Å²) in [6.45, 7) is 17.7. The Kier molecular flexibility index (Phi) is 26.7. The zero-order chi connectivity index (χ0) is 72.5. The summed E-state index contributed by atoms with van der Waals surface area (Å²) in [5, 5.41) is 14.5. The molecule has 4 atom stereocenters. The molecule has 0 aliphatic heterocycles. The molecular formula is C70H82F12N6O8. The van der Waals surface area contributed by atoms with Crippen LogP contribution >= 0.6 is 0 Å². The molecule has 96 heavy (non-hydrogen) atoms. The highest BCUT2D eigenvalue weighted by Gasteiger charge is 2.39. The number of aliphatic carboxylic acids is 1. The Balaban J connectivity index is 0.000000348. The van der Waals surface area contributed by atoms with Crippen molar-refractivity contribution < 1.29 is 81.7 Å². The number of alkyl halides is 6. The van der Waals surface area contributed by atoms with Gasteiger partial charge in [0.15, 0.2) is 0 Å². The highest BCUT2D eigenvalue weighted by atomic mass is 19.4. The van der Waals surface area contributed by atoms with E-state index in [1.807, 2.05) is 0 Å². The summed E-state index contributed by atoms with van der Waals surface area (Å²) in [5.74, 6) is -11.3. The van der Waals surface area contributed by atoms with E-state index in [4.69, 9.17) is 4.74 Å². The number of carboxylic acid groups (broad SMARTS) is 1. The van der Waals surface area contributed by atoms with E-state index < -0.39 is 141 Å². The number of esters is 1. The maximum atomic E-state index is 16.5. The van der Waals surface area contributed by atoms with Crippen molar-refractivity contribution in [3.8, 4) is 22.3 Å². The number of hydrogen-bond donors (Lipinski definition) is 3. The summed E-state index contributed by atoms with van der Waals surface area (Å²) < 4.78 is 185. The number of nitrogens with zero attached hydrogens (tertiary/aromatic N) is 4. The molecule has 2 heterocycles. The number of carbonyl (C=O) groups excluding carboxylic acids is 3. The number of aromatic nitrogens is 2. The molecule has 0 bridgehead atoms. The van der Waals surface area contributed by atoms with E-state index in [1.165, 1.54) is 39.8 Å². The second kappa shape index (κ2) is 32.7. The quantitative estimate of drug-likeness (QED) is 0.0370. The Morgan fingerprint density at radius 1 is 0.531 bits per heavy atom. The minimum atomic E-state index is -4.85. The van der Waals surface area contributed by atoms with E-state index in [9.17, 15) is 60.2 Å². The predicted molar refractivity (Wildman–Crippen MR) is 340 cm³/mol. The van der Waals surface area contributed by atoms with Crippen LogP contribution in [0.25, 0.3) is 22.3 Å². The fraction of sp³-hybridized carbons (Fsp3) is 0.457. The average molecular weight is 1360 g/mol. The fourth-order valence-corrected chi connectivity index (χ4v) is 11.5. The number of pyridine rings is 2. The van der Waals surface area contributed by atoms with Gasteiger partial charge in [0.25, 0.3) is 11.1 Å². The smallest absolute Gasteiger partial charge is 0.416 e. The van der Waals surface area contributed by atoms with E-state index in [0.29, 0.717) is 34.4 Å². The third-order valence-electron chi connectivity index (χ3n) is 15.9. The molecule has 0 radical (unpaired) electrons. The van der Waals surface area contributed by atoms with Crippen molar-refractivity contribution in [2.45, 2.75) is 151 Å². The first-order valence-electron chi connectivity index (χ1n) is 30.9. The summed E-state index contributed by atoms with van der Waals surface area (Å²) >= 11 is 0. The van der Waals surface area contributed by atoms with Gasteiger partial charge < -0.3 is 39.4 Å². The number of carboxylic acids is 1. The van der Waals surface area contributed by atoms with Gasteiger partial charge in [0.05, 0.1) is 42.7 Å². The van der Waals surface area contributed by atoms with Crippen LogP contribution in [0.4, 0.5) is 52.7 Å². The normalized spacial score (nSPS) is 13.2. The number of rotatable bonds is 25. The van der Waals surface area contributed by atoms with E-state index >= 15 is 26.3 Å². The first-order valence-corrected chi connectivity index (χ1v) is 30.9. The van der Waals surface area contributed by atoms with Gasteiger partial charge in [-0.2, -0.15) is 26.3 Å². The summed E-state index contributed by atoms with van der Waals surface area (Å²) in [4.78, 5) is 82.2. The molecule has 2 amide bonds. The molecule has 0 aliphatic carbocycles. The van der Waals surface area contributed by atoms with E-state index in [2.05, 4.69) is 10.6 Å². The highest BCUT2D eigenvalue weighted by molar-refractivity contribution is 5.83. The van der Waals surface area contributed by atoms with Gasteiger partial charge in [-0.3, -0.25) is 28.8 Å². The predicted octanol–water partition coefficient (Wildman–Crippen LogP) is 14.3. The molecular weight excluding hydrogens is 1280 g/mol. The fourth-order valence-electron chi connectivity index (χ4n) is 11.5. The SMILES string of the molecule is CCOC(=O)C[C@H](NC(=O)C(CC(C)C)n1cc(CCN(C)C)c(C(F)(F)F)cc1=O)c1c(F)c(C)cc(-c2c(C)cc(C)cc2F)c1F.Cc1cc(C)c(-c2cc(C)c(F)c([C@H](CC(=O)O)NC(=O)C(CC(C)C)n3cc(CCN(C)C)c(C(F)(F)F)cc3=O)c2F)c(F)c1. The van der Waals surface area contributed by atoms with Crippen LogP contribution in [-0.4, -0.2) is 95.7 Å². The maximum absolute atomic E-state index is 16.5. The summed E-state index contributed by atoms with van der Waals surface area (Å²) in [5.41, 5.74) is -5.92. The van der Waals surface area contributed by atoms with E-state index in [0.717, 1.165) is 33.7 Å². The monoisotopic (exact) mass is 1360 g/mol. The lowest BCUT2D eigenvalue weighted by Gasteiger charge is -2.27. The molecule has 524 valence electrons. The number of halogens is 12. The molecule has 0 saturated heterocycles. The molecule has 3 N–H and O–H groups in total. The third-order valence-corrected chi connectivity index (χ3v) is 15.9. The van der Waals surface area contributed by atoms with Crippen LogP contribution in [0.3, 0.4) is 0 Å². The van der Waals surface area contributed by atoms with Crippen LogP contribution in [0.5, 0.6) is 0 Å². The molecule has 0 aliphatic rings. The van der Waals surface area contributed by atoms with Gasteiger partial charge in [-0.25, -0.2) is 26.3 Å². The Hall–Kier alpha value is -8.26. The van der Waals surface area contributed by atoms with Crippen LogP contribution in [0.15, 0.2) is 70.5 Å². The molecule has 2 aromatic heterocycles. The average Bonchev–Trinajstić information content (AvgIpc) is 0.772. The third kappa shape index (κ3) is 19.7. The number of carbonyl (C=O) groups is 4.